The van der Waals surface area contributed by atoms with Crippen molar-refractivity contribution in [3.05, 3.63) is 18.0 Å². The van der Waals surface area contributed by atoms with Gasteiger partial charge in [0.15, 0.2) is 0 Å². The van der Waals surface area contributed by atoms with Crippen LogP contribution in [0, 0.1) is 0 Å². The molecule has 1 atom stereocenters. The Balaban J connectivity index is 1.61. The fourth-order valence-electron chi connectivity index (χ4n) is 3.50. The van der Waals surface area contributed by atoms with Crippen LogP contribution >= 0.6 is 15.9 Å². The Morgan fingerprint density at radius 1 is 1.16 bits per heavy atom. The number of hydrogen-bond donors (Lipinski definition) is 0. The lowest BCUT2D eigenvalue weighted by Crippen LogP contribution is -2.30. The molecule has 0 N–H and O–H groups in total. The van der Waals surface area contributed by atoms with E-state index in [1.165, 1.54) is 57.2 Å². The van der Waals surface area contributed by atoms with Crippen LogP contribution in [0.3, 0.4) is 0 Å². The molecule has 1 unspecified atom stereocenters. The Labute approximate surface area is 124 Å². The molecular weight excluding hydrogens is 302 g/mol. The van der Waals surface area contributed by atoms with E-state index in [9.17, 15) is 0 Å². The van der Waals surface area contributed by atoms with Gasteiger partial charge in [0.2, 0.25) is 0 Å². The minimum absolute atomic E-state index is 0.660. The molecule has 0 spiro atoms. The molecule has 3 rings (SSSR count). The summed E-state index contributed by atoms with van der Waals surface area (Å²) in [6, 6.07) is 3.59. The average molecular weight is 326 g/mol. The van der Waals surface area contributed by atoms with E-state index in [1.807, 2.05) is 0 Å². The quantitative estimate of drug-likeness (QED) is 0.786. The highest BCUT2D eigenvalue weighted by Gasteiger charge is 2.24. The van der Waals surface area contributed by atoms with Crippen molar-refractivity contribution in [2.75, 3.05) is 11.9 Å². The molecule has 4 heteroatoms. The Kier molecular flexibility index (Phi) is 4.59. The summed E-state index contributed by atoms with van der Waals surface area (Å²) in [7, 11) is 0. The maximum absolute atomic E-state index is 4.83. The molecule has 1 aliphatic carbocycles. The summed E-state index contributed by atoms with van der Waals surface area (Å²) in [6.45, 7) is 2.25. The number of alkyl halides is 1. The lowest BCUT2D eigenvalue weighted by atomic mass is 9.96. The first kappa shape index (κ1) is 13.6. The van der Waals surface area contributed by atoms with E-state index in [-0.39, 0.29) is 0 Å². The van der Waals surface area contributed by atoms with E-state index in [4.69, 9.17) is 5.10 Å². The molecule has 0 amide bonds. The first-order valence-electron chi connectivity index (χ1n) is 7.71. The van der Waals surface area contributed by atoms with Gasteiger partial charge in [-0.05, 0) is 38.3 Å². The number of hydrogen-bond acceptors (Lipinski definition) is 2. The van der Waals surface area contributed by atoms with Crippen molar-refractivity contribution in [3.63, 3.8) is 0 Å². The minimum atomic E-state index is 0.660. The van der Waals surface area contributed by atoms with Gasteiger partial charge < -0.3 is 0 Å². The highest BCUT2D eigenvalue weighted by Crippen LogP contribution is 2.28. The summed E-state index contributed by atoms with van der Waals surface area (Å²) in [4.78, 5) is 2.57. The summed E-state index contributed by atoms with van der Waals surface area (Å²) in [5.74, 6) is 0. The Morgan fingerprint density at radius 3 is 2.79 bits per heavy atom. The first-order chi connectivity index (χ1) is 9.36. The predicted octanol–water partition coefficient (Wildman–Crippen LogP) is 3.75. The van der Waals surface area contributed by atoms with Crippen LogP contribution in [0.15, 0.2) is 12.3 Å². The van der Waals surface area contributed by atoms with Crippen molar-refractivity contribution in [3.8, 4) is 0 Å². The van der Waals surface area contributed by atoms with E-state index in [0.29, 0.717) is 12.1 Å². The van der Waals surface area contributed by atoms with Crippen LogP contribution in [0.1, 0.15) is 56.7 Å². The van der Waals surface area contributed by atoms with Crippen molar-refractivity contribution in [1.82, 2.24) is 14.7 Å². The Morgan fingerprint density at radius 2 is 2.00 bits per heavy atom. The number of nitrogens with zero attached hydrogens (tertiary/aromatic N) is 3. The molecule has 106 valence electrons. The number of likely N-dealkylation sites (tertiary alicyclic amines) is 1. The lowest BCUT2D eigenvalue weighted by Gasteiger charge is -2.23. The van der Waals surface area contributed by atoms with Gasteiger partial charge in [0, 0.05) is 24.1 Å². The molecule has 0 aromatic carbocycles. The summed E-state index contributed by atoms with van der Waals surface area (Å²) in [6.07, 6.45) is 11.6. The van der Waals surface area contributed by atoms with Crippen molar-refractivity contribution in [2.45, 2.75) is 63.6 Å². The molecule has 2 heterocycles. The maximum Gasteiger partial charge on any atom is 0.0765 e. The molecule has 1 aromatic heterocycles. The second-order valence-electron chi connectivity index (χ2n) is 6.00. The fourth-order valence-corrected chi connectivity index (χ4v) is 4.23. The third kappa shape index (κ3) is 3.22. The SMILES string of the molecule is BrCC1CCCN1Cc1ccn(C2CCCCC2)n1. The minimum Gasteiger partial charge on any atom is -0.294 e. The highest BCUT2D eigenvalue weighted by atomic mass is 79.9. The van der Waals surface area contributed by atoms with Crippen LogP contribution in [0.25, 0.3) is 0 Å². The van der Waals surface area contributed by atoms with Gasteiger partial charge in [0.25, 0.3) is 0 Å². The summed E-state index contributed by atoms with van der Waals surface area (Å²) >= 11 is 3.63. The van der Waals surface area contributed by atoms with Crippen molar-refractivity contribution in [1.29, 1.82) is 0 Å². The van der Waals surface area contributed by atoms with E-state index in [2.05, 4.69) is 37.8 Å². The normalized spacial score (nSPS) is 26.1. The average Bonchev–Trinajstić information content (AvgIpc) is 3.09. The molecule has 0 bridgehead atoms. The van der Waals surface area contributed by atoms with Crippen molar-refractivity contribution < 1.29 is 0 Å². The van der Waals surface area contributed by atoms with Crippen LogP contribution in [-0.4, -0.2) is 32.6 Å². The highest BCUT2D eigenvalue weighted by molar-refractivity contribution is 9.09. The third-order valence-corrected chi connectivity index (χ3v) is 5.40. The van der Waals surface area contributed by atoms with Gasteiger partial charge in [0.1, 0.15) is 0 Å². The van der Waals surface area contributed by atoms with Gasteiger partial charge in [-0.25, -0.2) is 0 Å². The van der Waals surface area contributed by atoms with Gasteiger partial charge in [-0.1, -0.05) is 35.2 Å². The van der Waals surface area contributed by atoms with Crippen LogP contribution in [0.5, 0.6) is 0 Å². The van der Waals surface area contributed by atoms with Crippen LogP contribution in [-0.2, 0) is 6.54 Å². The summed E-state index contributed by atoms with van der Waals surface area (Å²) in [5, 5.41) is 5.92. The third-order valence-electron chi connectivity index (χ3n) is 4.65. The zero-order valence-corrected chi connectivity index (χ0v) is 13.2. The van der Waals surface area contributed by atoms with E-state index >= 15 is 0 Å². The van der Waals surface area contributed by atoms with Gasteiger partial charge in [-0.15, -0.1) is 0 Å². The smallest absolute Gasteiger partial charge is 0.0765 e. The monoisotopic (exact) mass is 325 g/mol. The second kappa shape index (κ2) is 6.40. The van der Waals surface area contributed by atoms with Crippen molar-refractivity contribution in [2.24, 2.45) is 0 Å². The van der Waals surface area contributed by atoms with Crippen LogP contribution in [0.2, 0.25) is 0 Å². The molecule has 0 radical (unpaired) electrons. The molecule has 19 heavy (non-hydrogen) atoms. The molecular formula is C15H24BrN3. The number of rotatable bonds is 4. The van der Waals surface area contributed by atoms with Crippen LogP contribution < -0.4 is 0 Å². The second-order valence-corrected chi connectivity index (χ2v) is 6.65. The molecule has 1 aliphatic heterocycles. The zero-order chi connectivity index (χ0) is 13.1. The molecule has 3 nitrogen and oxygen atoms in total. The number of aromatic nitrogens is 2. The lowest BCUT2D eigenvalue weighted by molar-refractivity contribution is 0.258. The van der Waals surface area contributed by atoms with E-state index in [1.54, 1.807) is 0 Å². The molecule has 2 aliphatic rings. The molecule has 2 fully saturated rings. The topological polar surface area (TPSA) is 21.1 Å². The van der Waals surface area contributed by atoms with Crippen LogP contribution in [0.4, 0.5) is 0 Å². The largest absolute Gasteiger partial charge is 0.294 e. The van der Waals surface area contributed by atoms with E-state index < -0.39 is 0 Å². The van der Waals surface area contributed by atoms with Gasteiger partial charge in [-0.3, -0.25) is 9.58 Å². The summed E-state index contributed by atoms with van der Waals surface area (Å²) in [5.41, 5.74) is 1.25. The number of halogens is 1. The van der Waals surface area contributed by atoms with Crippen molar-refractivity contribution >= 4 is 15.9 Å². The Bertz CT molecular complexity index is 398. The predicted molar refractivity (Wildman–Crippen MR) is 81.6 cm³/mol. The zero-order valence-electron chi connectivity index (χ0n) is 11.6. The van der Waals surface area contributed by atoms with E-state index in [0.717, 1.165) is 11.9 Å². The maximum atomic E-state index is 4.83. The molecule has 1 aromatic rings. The Hall–Kier alpha value is -0.350. The molecule has 1 saturated heterocycles. The fraction of sp³-hybridized carbons (Fsp3) is 0.800. The van der Waals surface area contributed by atoms with Gasteiger partial charge in [-0.2, -0.15) is 5.10 Å². The van der Waals surface area contributed by atoms with Gasteiger partial charge in [0.05, 0.1) is 11.7 Å². The van der Waals surface area contributed by atoms with Gasteiger partial charge >= 0.3 is 0 Å². The standard InChI is InChI=1S/C15H24BrN3/c16-11-15-7-4-9-18(15)12-13-8-10-19(17-13)14-5-2-1-3-6-14/h8,10,14-15H,1-7,9,11-12H2. The summed E-state index contributed by atoms with van der Waals surface area (Å²) < 4.78 is 2.23. The molecule has 1 saturated carbocycles. The first-order valence-corrected chi connectivity index (χ1v) is 8.83.